The quantitative estimate of drug-likeness (QED) is 0.421. The highest BCUT2D eigenvalue weighted by Gasteiger charge is 2.53. The summed E-state index contributed by atoms with van der Waals surface area (Å²) < 4.78 is 5.31. The lowest BCUT2D eigenvalue weighted by atomic mass is 9.69. The molecule has 1 aliphatic heterocycles. The van der Waals surface area contributed by atoms with Gasteiger partial charge in [0.05, 0.1) is 12.5 Å². The number of carbonyl (C=O) groups excluding carboxylic acids is 2. The van der Waals surface area contributed by atoms with Crippen LogP contribution in [0.5, 0.6) is 5.75 Å². The van der Waals surface area contributed by atoms with E-state index in [1.54, 1.807) is 7.11 Å². The number of hydrogen-bond donors (Lipinski definition) is 0. The van der Waals surface area contributed by atoms with Crippen LogP contribution in [0.25, 0.3) is 0 Å². The SMILES string of the molecule is COc1ccc2c(c1)CCCC21CC(=O)N(CCCCCBr)C1=O. The molecular formula is C19H24BrNO3. The van der Waals surface area contributed by atoms with Gasteiger partial charge < -0.3 is 4.74 Å². The van der Waals surface area contributed by atoms with Gasteiger partial charge in [0.25, 0.3) is 0 Å². The van der Waals surface area contributed by atoms with Crippen LogP contribution >= 0.6 is 15.9 Å². The number of imide groups is 1. The Labute approximate surface area is 151 Å². The highest BCUT2D eigenvalue weighted by Crippen LogP contribution is 2.46. The molecule has 1 saturated heterocycles. The molecule has 5 heteroatoms. The van der Waals surface area contributed by atoms with Crippen molar-refractivity contribution in [3.63, 3.8) is 0 Å². The zero-order valence-corrected chi connectivity index (χ0v) is 15.7. The number of nitrogens with zero attached hydrogens (tertiary/aromatic N) is 1. The van der Waals surface area contributed by atoms with Gasteiger partial charge in [-0.05, 0) is 55.4 Å². The first kappa shape index (κ1) is 17.5. The zero-order chi connectivity index (χ0) is 17.2. The van der Waals surface area contributed by atoms with E-state index >= 15 is 0 Å². The van der Waals surface area contributed by atoms with E-state index in [4.69, 9.17) is 4.74 Å². The van der Waals surface area contributed by atoms with Crippen LogP contribution < -0.4 is 4.74 Å². The van der Waals surface area contributed by atoms with Crippen LogP contribution in [0.1, 0.15) is 49.7 Å². The fourth-order valence-electron chi connectivity index (χ4n) is 4.06. The lowest BCUT2D eigenvalue weighted by molar-refractivity contribution is -0.140. The van der Waals surface area contributed by atoms with Gasteiger partial charge in [-0.3, -0.25) is 14.5 Å². The molecule has 1 fully saturated rings. The Kier molecular flexibility index (Phi) is 5.28. The summed E-state index contributed by atoms with van der Waals surface area (Å²) in [5, 5.41) is 0.966. The number of hydrogen-bond acceptors (Lipinski definition) is 3. The number of unbranched alkanes of at least 4 members (excludes halogenated alkanes) is 2. The molecule has 1 aliphatic carbocycles. The summed E-state index contributed by atoms with van der Waals surface area (Å²) in [7, 11) is 1.65. The summed E-state index contributed by atoms with van der Waals surface area (Å²) in [5.74, 6) is 0.814. The second-order valence-electron chi connectivity index (χ2n) is 6.74. The summed E-state index contributed by atoms with van der Waals surface area (Å²) >= 11 is 3.42. The van der Waals surface area contributed by atoms with E-state index in [2.05, 4.69) is 15.9 Å². The van der Waals surface area contributed by atoms with Crippen LogP contribution in [-0.2, 0) is 21.4 Å². The number of methoxy groups -OCH3 is 1. The zero-order valence-electron chi connectivity index (χ0n) is 14.1. The molecular weight excluding hydrogens is 370 g/mol. The monoisotopic (exact) mass is 393 g/mol. The molecule has 0 bridgehead atoms. The number of fused-ring (bicyclic) bond motifs is 2. The van der Waals surface area contributed by atoms with E-state index < -0.39 is 5.41 Å². The number of carbonyl (C=O) groups is 2. The predicted octanol–water partition coefficient (Wildman–Crippen LogP) is 3.59. The number of ether oxygens (including phenoxy) is 1. The lowest BCUT2D eigenvalue weighted by Crippen LogP contribution is -2.41. The molecule has 0 aromatic heterocycles. The Morgan fingerprint density at radius 3 is 2.83 bits per heavy atom. The summed E-state index contributed by atoms with van der Waals surface area (Å²) in [4.78, 5) is 27.2. The topological polar surface area (TPSA) is 46.6 Å². The van der Waals surface area contributed by atoms with Crippen LogP contribution in [0, 0.1) is 0 Å². The minimum atomic E-state index is -0.633. The van der Waals surface area contributed by atoms with Gasteiger partial charge in [0.1, 0.15) is 5.75 Å². The molecule has 24 heavy (non-hydrogen) atoms. The normalized spacial score (nSPS) is 23.0. The first-order chi connectivity index (χ1) is 11.6. The third-order valence-corrected chi connectivity index (χ3v) is 5.86. The second kappa shape index (κ2) is 7.26. The lowest BCUT2D eigenvalue weighted by Gasteiger charge is -2.33. The van der Waals surface area contributed by atoms with Crippen molar-refractivity contribution in [2.75, 3.05) is 19.0 Å². The molecule has 1 aromatic carbocycles. The van der Waals surface area contributed by atoms with Crippen LogP contribution in [0.15, 0.2) is 18.2 Å². The van der Waals surface area contributed by atoms with E-state index in [1.807, 2.05) is 18.2 Å². The molecule has 4 nitrogen and oxygen atoms in total. The molecule has 0 N–H and O–H groups in total. The third kappa shape index (κ3) is 2.99. The van der Waals surface area contributed by atoms with Crippen molar-refractivity contribution in [1.29, 1.82) is 0 Å². The van der Waals surface area contributed by atoms with Crippen LogP contribution in [0.2, 0.25) is 0 Å². The second-order valence-corrected chi connectivity index (χ2v) is 7.53. The molecule has 1 unspecified atom stereocenters. The van der Waals surface area contributed by atoms with Gasteiger partial charge >= 0.3 is 0 Å². The van der Waals surface area contributed by atoms with Gasteiger partial charge in [-0.25, -0.2) is 0 Å². The molecule has 1 spiro atoms. The molecule has 0 saturated carbocycles. The molecule has 3 rings (SSSR count). The van der Waals surface area contributed by atoms with Crippen molar-refractivity contribution in [1.82, 2.24) is 4.90 Å². The first-order valence-electron chi connectivity index (χ1n) is 8.70. The summed E-state index contributed by atoms with van der Waals surface area (Å²) in [6.07, 6.45) is 5.97. The summed E-state index contributed by atoms with van der Waals surface area (Å²) in [5.41, 5.74) is 1.56. The first-order valence-corrected chi connectivity index (χ1v) is 9.83. The van der Waals surface area contributed by atoms with Gasteiger partial charge in [-0.2, -0.15) is 0 Å². The fraction of sp³-hybridized carbons (Fsp3) is 0.579. The molecule has 2 aliphatic rings. The van der Waals surface area contributed by atoms with Crippen LogP contribution in [-0.4, -0.2) is 35.7 Å². The Morgan fingerprint density at radius 2 is 2.08 bits per heavy atom. The molecule has 1 atom stereocenters. The molecule has 0 radical (unpaired) electrons. The number of amides is 2. The van der Waals surface area contributed by atoms with Crippen molar-refractivity contribution in [2.45, 2.75) is 50.4 Å². The average molecular weight is 394 g/mol. The Hall–Kier alpha value is -1.36. The largest absolute Gasteiger partial charge is 0.497 e. The Balaban J connectivity index is 1.84. The number of benzene rings is 1. The van der Waals surface area contributed by atoms with Crippen molar-refractivity contribution >= 4 is 27.7 Å². The highest BCUT2D eigenvalue weighted by molar-refractivity contribution is 9.09. The van der Waals surface area contributed by atoms with E-state index in [9.17, 15) is 9.59 Å². The number of likely N-dealkylation sites (tertiary alicyclic amines) is 1. The molecule has 1 aromatic rings. The summed E-state index contributed by atoms with van der Waals surface area (Å²) in [6.45, 7) is 0.553. The van der Waals surface area contributed by atoms with E-state index in [1.165, 1.54) is 4.90 Å². The van der Waals surface area contributed by atoms with Crippen LogP contribution in [0.3, 0.4) is 0 Å². The number of alkyl halides is 1. The molecule has 130 valence electrons. The van der Waals surface area contributed by atoms with E-state index in [-0.39, 0.29) is 11.8 Å². The van der Waals surface area contributed by atoms with Crippen molar-refractivity contribution < 1.29 is 14.3 Å². The van der Waals surface area contributed by atoms with Crippen LogP contribution in [0.4, 0.5) is 0 Å². The van der Waals surface area contributed by atoms with Crippen molar-refractivity contribution in [3.8, 4) is 5.75 Å². The minimum Gasteiger partial charge on any atom is -0.497 e. The average Bonchev–Trinajstić information content (AvgIpc) is 2.83. The standard InChI is InChI=1S/C19H24BrNO3/c1-24-15-7-8-16-14(12-15)6-5-9-19(16)13-17(22)21(18(19)23)11-4-2-3-10-20/h7-8,12H,2-6,9-11,13H2,1H3. The van der Waals surface area contributed by atoms with Gasteiger partial charge in [0.2, 0.25) is 11.8 Å². The van der Waals surface area contributed by atoms with E-state index in [0.29, 0.717) is 13.0 Å². The van der Waals surface area contributed by atoms with Gasteiger partial charge in [0, 0.05) is 18.3 Å². The van der Waals surface area contributed by atoms with Crippen molar-refractivity contribution in [2.24, 2.45) is 0 Å². The maximum atomic E-state index is 13.1. The predicted molar refractivity (Wildman–Crippen MR) is 96.6 cm³/mol. The minimum absolute atomic E-state index is 0.0115. The number of halogens is 1. The summed E-state index contributed by atoms with van der Waals surface area (Å²) in [6, 6.07) is 5.92. The van der Waals surface area contributed by atoms with Gasteiger partial charge in [0.15, 0.2) is 0 Å². The van der Waals surface area contributed by atoms with Gasteiger partial charge in [-0.1, -0.05) is 28.4 Å². The maximum Gasteiger partial charge on any atom is 0.240 e. The maximum absolute atomic E-state index is 13.1. The fourth-order valence-corrected chi connectivity index (χ4v) is 4.46. The number of aryl methyl sites for hydroxylation is 1. The molecule has 1 heterocycles. The van der Waals surface area contributed by atoms with Crippen molar-refractivity contribution in [3.05, 3.63) is 29.3 Å². The van der Waals surface area contributed by atoms with Gasteiger partial charge in [-0.15, -0.1) is 0 Å². The van der Waals surface area contributed by atoms with E-state index in [0.717, 1.165) is 60.7 Å². The third-order valence-electron chi connectivity index (χ3n) is 5.30. The highest BCUT2D eigenvalue weighted by atomic mass is 79.9. The number of rotatable bonds is 6. The molecule has 2 amide bonds. The Bertz CT molecular complexity index is 645. The Morgan fingerprint density at radius 1 is 1.25 bits per heavy atom. The smallest absolute Gasteiger partial charge is 0.240 e.